The van der Waals surface area contributed by atoms with Gasteiger partial charge in [0.15, 0.2) is 16.3 Å². The number of nitrogens with zero attached hydrogens (tertiary/aromatic N) is 2. The molecule has 0 bridgehead atoms. The maximum atomic E-state index is 13.6. The third-order valence-corrected chi connectivity index (χ3v) is 7.30. The molecule has 34 heavy (non-hydrogen) atoms. The quantitative estimate of drug-likeness (QED) is 0.400. The molecule has 176 valence electrons. The first kappa shape index (κ1) is 23.7. The van der Waals surface area contributed by atoms with Gasteiger partial charge in [-0.3, -0.25) is 9.36 Å². The number of thiazole rings is 1. The highest BCUT2D eigenvalue weighted by molar-refractivity contribution is 7.10. The van der Waals surface area contributed by atoms with Crippen LogP contribution in [0.15, 0.2) is 63.4 Å². The van der Waals surface area contributed by atoms with Crippen molar-refractivity contribution in [1.82, 2.24) is 4.57 Å². The van der Waals surface area contributed by atoms with Crippen LogP contribution in [0.3, 0.4) is 0 Å². The summed E-state index contributed by atoms with van der Waals surface area (Å²) in [5.41, 5.74) is 1.98. The Kier molecular flexibility index (Phi) is 6.85. The monoisotopic (exact) mass is 496 g/mol. The van der Waals surface area contributed by atoms with E-state index in [1.807, 2.05) is 17.5 Å². The van der Waals surface area contributed by atoms with Crippen LogP contribution in [0.2, 0.25) is 0 Å². The van der Waals surface area contributed by atoms with Gasteiger partial charge in [-0.2, -0.15) is 0 Å². The Labute approximate surface area is 204 Å². The molecule has 0 spiro atoms. The molecule has 0 saturated carbocycles. The first-order valence-electron chi connectivity index (χ1n) is 10.6. The Morgan fingerprint density at radius 2 is 2.18 bits per heavy atom. The predicted molar refractivity (Wildman–Crippen MR) is 133 cm³/mol. The molecule has 1 atom stereocenters. The molecule has 3 aromatic rings. The minimum Gasteiger partial charge on any atom is -0.504 e. The molecule has 1 aromatic carbocycles. The third-order valence-electron chi connectivity index (χ3n) is 5.39. The topological polar surface area (TPSA) is 90.1 Å². The number of ether oxygens (including phenoxy) is 2. The molecular formula is C25H24N2O5S2. The number of aromatic nitrogens is 1. The van der Waals surface area contributed by atoms with E-state index in [2.05, 4.69) is 11.6 Å². The van der Waals surface area contributed by atoms with Gasteiger partial charge in [0.25, 0.3) is 5.56 Å². The number of phenolic OH excluding ortho intramolecular Hbond substituents is 1. The molecule has 3 heterocycles. The first-order chi connectivity index (χ1) is 16.4. The minimum absolute atomic E-state index is 0.0495. The summed E-state index contributed by atoms with van der Waals surface area (Å²) in [6.07, 6.45) is 3.88. The average Bonchev–Trinajstić information content (AvgIpc) is 3.44. The van der Waals surface area contributed by atoms with E-state index in [4.69, 9.17) is 9.47 Å². The lowest BCUT2D eigenvalue weighted by Gasteiger charge is -2.23. The van der Waals surface area contributed by atoms with Crippen LogP contribution in [-0.4, -0.2) is 29.4 Å². The van der Waals surface area contributed by atoms with Crippen molar-refractivity contribution in [2.45, 2.75) is 26.3 Å². The fraction of sp³-hybridized carbons (Fsp3) is 0.240. The molecule has 4 rings (SSSR count). The number of esters is 1. The second-order valence-electron chi connectivity index (χ2n) is 7.54. The van der Waals surface area contributed by atoms with Crippen LogP contribution in [0.25, 0.3) is 6.08 Å². The number of hydrogen-bond acceptors (Lipinski definition) is 8. The Morgan fingerprint density at radius 1 is 1.38 bits per heavy atom. The molecule has 0 fully saturated rings. The lowest BCUT2D eigenvalue weighted by Crippen LogP contribution is -2.39. The molecule has 0 radical (unpaired) electrons. The van der Waals surface area contributed by atoms with Crippen LogP contribution >= 0.6 is 22.7 Å². The average molecular weight is 497 g/mol. The maximum absolute atomic E-state index is 13.6. The summed E-state index contributed by atoms with van der Waals surface area (Å²) in [5.74, 6) is -0.113. The van der Waals surface area contributed by atoms with E-state index >= 15 is 0 Å². The Bertz CT molecular complexity index is 1460. The van der Waals surface area contributed by atoms with Crippen molar-refractivity contribution in [2.75, 3.05) is 13.7 Å². The lowest BCUT2D eigenvalue weighted by atomic mass is 10.0. The lowest BCUT2D eigenvalue weighted by molar-refractivity contribution is -0.139. The minimum atomic E-state index is -0.608. The van der Waals surface area contributed by atoms with E-state index in [1.165, 1.54) is 29.8 Å². The van der Waals surface area contributed by atoms with Crippen LogP contribution in [0.1, 0.15) is 35.9 Å². The summed E-state index contributed by atoms with van der Waals surface area (Å²) in [5, 5.41) is 12.3. The first-order valence-corrected chi connectivity index (χ1v) is 12.3. The van der Waals surface area contributed by atoms with Crippen LogP contribution in [-0.2, 0) is 16.0 Å². The molecule has 1 N–H and O–H groups in total. The number of hydrogen-bond donors (Lipinski definition) is 1. The molecule has 9 heteroatoms. The third kappa shape index (κ3) is 4.24. The van der Waals surface area contributed by atoms with Gasteiger partial charge >= 0.3 is 5.97 Å². The van der Waals surface area contributed by atoms with E-state index in [0.717, 1.165) is 4.88 Å². The summed E-state index contributed by atoms with van der Waals surface area (Å²) in [7, 11) is 1.48. The van der Waals surface area contributed by atoms with E-state index in [0.29, 0.717) is 43.9 Å². The zero-order valence-electron chi connectivity index (χ0n) is 19.0. The van der Waals surface area contributed by atoms with Gasteiger partial charge in [0.05, 0.1) is 29.5 Å². The number of carbonyl (C=O) groups is 1. The zero-order chi connectivity index (χ0) is 24.4. The van der Waals surface area contributed by atoms with Crippen molar-refractivity contribution in [1.29, 1.82) is 0 Å². The molecule has 0 aliphatic carbocycles. The fourth-order valence-corrected chi connectivity index (χ4v) is 5.77. The number of allylic oxidation sites excluding steroid dienone is 2. The van der Waals surface area contributed by atoms with Crippen molar-refractivity contribution in [3.63, 3.8) is 0 Å². The highest BCUT2D eigenvalue weighted by atomic mass is 32.1. The van der Waals surface area contributed by atoms with Crippen LogP contribution in [0, 0.1) is 0 Å². The molecule has 1 aliphatic heterocycles. The Morgan fingerprint density at radius 3 is 2.82 bits per heavy atom. The van der Waals surface area contributed by atoms with Gasteiger partial charge in [-0.1, -0.05) is 23.5 Å². The molecule has 7 nitrogen and oxygen atoms in total. The van der Waals surface area contributed by atoms with Gasteiger partial charge in [0.1, 0.15) is 6.04 Å². The number of benzene rings is 1. The van der Waals surface area contributed by atoms with Crippen LogP contribution in [0.4, 0.5) is 0 Å². The maximum Gasteiger partial charge on any atom is 0.338 e. The van der Waals surface area contributed by atoms with Gasteiger partial charge in [-0.05, 0) is 55.5 Å². The molecule has 1 aliphatic rings. The number of carbonyl (C=O) groups excluding carboxylic acids is 1. The number of thiophene rings is 1. The molecule has 2 aromatic heterocycles. The second-order valence-corrected chi connectivity index (χ2v) is 9.53. The molecule has 0 saturated heterocycles. The zero-order valence-corrected chi connectivity index (χ0v) is 20.7. The SMILES string of the molecule is C=CCc1cc(/C=c2/sc3n(c2=O)[C@H](c2cccs2)C(C(=O)OCC)=C(C)N=3)cc(OC)c1O. The van der Waals surface area contributed by atoms with Crippen molar-refractivity contribution < 1.29 is 19.4 Å². The number of phenols is 1. The second kappa shape index (κ2) is 9.82. The fourth-order valence-electron chi connectivity index (χ4n) is 3.90. The normalized spacial score (nSPS) is 15.6. The molecular weight excluding hydrogens is 472 g/mol. The Hall–Kier alpha value is -3.43. The highest BCUT2D eigenvalue weighted by Crippen LogP contribution is 2.34. The van der Waals surface area contributed by atoms with Gasteiger partial charge < -0.3 is 14.6 Å². The van der Waals surface area contributed by atoms with E-state index in [9.17, 15) is 14.7 Å². The van der Waals surface area contributed by atoms with E-state index in [1.54, 1.807) is 42.7 Å². The number of fused-ring (bicyclic) bond motifs is 1. The number of rotatable bonds is 7. The summed E-state index contributed by atoms with van der Waals surface area (Å²) in [4.78, 5) is 32.4. The van der Waals surface area contributed by atoms with Gasteiger partial charge in [-0.15, -0.1) is 17.9 Å². The Balaban J connectivity index is 1.92. The number of aromatic hydroxyl groups is 1. The summed E-state index contributed by atoms with van der Waals surface area (Å²) < 4.78 is 12.6. The summed E-state index contributed by atoms with van der Waals surface area (Å²) in [6, 6.07) is 6.65. The smallest absolute Gasteiger partial charge is 0.338 e. The largest absolute Gasteiger partial charge is 0.504 e. The summed E-state index contributed by atoms with van der Waals surface area (Å²) in [6.45, 7) is 7.47. The standard InChI is InChI=1S/C25H24N2O5S2/c1-5-8-16-11-15(12-17(31-4)22(16)28)13-19-23(29)27-21(18-9-7-10-33-18)20(24(30)32-6-2)14(3)26-25(27)34-19/h5,7,9-13,21,28H,1,6,8H2,2-4H3/b19-13+/t21-/m1/s1. The van der Waals surface area contributed by atoms with Gasteiger partial charge in [0.2, 0.25) is 0 Å². The highest BCUT2D eigenvalue weighted by Gasteiger charge is 2.33. The van der Waals surface area contributed by atoms with Crippen LogP contribution < -0.4 is 19.6 Å². The van der Waals surface area contributed by atoms with Crippen LogP contribution in [0.5, 0.6) is 11.5 Å². The van der Waals surface area contributed by atoms with Gasteiger partial charge in [-0.25, -0.2) is 9.79 Å². The molecule has 0 amide bonds. The van der Waals surface area contributed by atoms with Crippen molar-refractivity contribution in [2.24, 2.45) is 4.99 Å². The van der Waals surface area contributed by atoms with Crippen molar-refractivity contribution in [3.05, 3.63) is 89.3 Å². The van der Waals surface area contributed by atoms with E-state index in [-0.39, 0.29) is 17.9 Å². The molecule has 0 unspecified atom stereocenters. The van der Waals surface area contributed by atoms with Crippen molar-refractivity contribution >= 4 is 34.7 Å². The van der Waals surface area contributed by atoms with Crippen molar-refractivity contribution in [3.8, 4) is 11.5 Å². The predicted octanol–water partition coefficient (Wildman–Crippen LogP) is 3.30. The number of methoxy groups -OCH3 is 1. The summed E-state index contributed by atoms with van der Waals surface area (Å²) >= 11 is 2.72. The van der Waals surface area contributed by atoms with E-state index < -0.39 is 12.0 Å². The van der Waals surface area contributed by atoms with Gasteiger partial charge in [0, 0.05) is 10.4 Å².